The van der Waals surface area contributed by atoms with Crippen LogP contribution in [0.3, 0.4) is 0 Å². The summed E-state index contributed by atoms with van der Waals surface area (Å²) < 4.78 is 3.30. The van der Waals surface area contributed by atoms with Crippen molar-refractivity contribution in [2.45, 2.75) is 20.4 Å². The molecule has 0 saturated heterocycles. The molecule has 0 spiro atoms. The minimum absolute atomic E-state index is 0.211. The van der Waals surface area contributed by atoms with Crippen molar-refractivity contribution in [1.82, 2.24) is 39.7 Å². The van der Waals surface area contributed by atoms with Crippen molar-refractivity contribution in [2.24, 2.45) is 0 Å². The highest BCUT2D eigenvalue weighted by Crippen LogP contribution is 2.13. The third-order valence-electron chi connectivity index (χ3n) is 3.99. The average Bonchev–Trinajstić information content (AvgIpc) is 3.29. The third-order valence-corrected chi connectivity index (χ3v) is 3.99. The zero-order valence-corrected chi connectivity index (χ0v) is 14.3. The summed E-state index contributed by atoms with van der Waals surface area (Å²) in [6.07, 6.45) is 3.08. The highest BCUT2D eigenvalue weighted by atomic mass is 16.2. The molecule has 1 N–H and O–H groups in total. The largest absolute Gasteiger partial charge is 0.345 e. The molecule has 1 aromatic carbocycles. The molecule has 9 nitrogen and oxygen atoms in total. The van der Waals surface area contributed by atoms with E-state index in [1.807, 2.05) is 44.2 Å². The van der Waals surface area contributed by atoms with Crippen molar-refractivity contribution < 1.29 is 4.79 Å². The minimum Gasteiger partial charge on any atom is -0.345 e. The van der Waals surface area contributed by atoms with Gasteiger partial charge in [-0.05, 0) is 31.5 Å². The summed E-state index contributed by atoms with van der Waals surface area (Å²) in [7, 11) is 0. The number of hydrogen-bond donors (Lipinski definition) is 1. The first-order valence-corrected chi connectivity index (χ1v) is 8.04. The van der Waals surface area contributed by atoms with Crippen LogP contribution in [0.25, 0.3) is 11.5 Å². The number of benzene rings is 1. The lowest BCUT2D eigenvalue weighted by molar-refractivity contribution is 0.0939. The van der Waals surface area contributed by atoms with Crippen LogP contribution in [0.4, 0.5) is 0 Å². The molecule has 0 aliphatic carbocycles. The number of hydrogen-bond acceptors (Lipinski definition) is 6. The van der Waals surface area contributed by atoms with Crippen LogP contribution >= 0.6 is 0 Å². The van der Waals surface area contributed by atoms with Crippen LogP contribution in [-0.4, -0.2) is 40.3 Å². The summed E-state index contributed by atoms with van der Waals surface area (Å²) in [5, 5.41) is 15.0. The van der Waals surface area contributed by atoms with E-state index in [0.29, 0.717) is 12.3 Å². The Bertz CT molecular complexity index is 1080. The molecule has 9 heteroatoms. The first kappa shape index (κ1) is 15.9. The van der Waals surface area contributed by atoms with E-state index in [9.17, 15) is 4.79 Å². The first-order valence-electron chi connectivity index (χ1n) is 8.04. The summed E-state index contributed by atoms with van der Waals surface area (Å²) in [6, 6.07) is 9.54. The monoisotopic (exact) mass is 348 g/mol. The quantitative estimate of drug-likeness (QED) is 0.595. The Morgan fingerprint density at radius 2 is 2.04 bits per heavy atom. The van der Waals surface area contributed by atoms with Crippen molar-refractivity contribution in [3.05, 3.63) is 65.8 Å². The molecule has 0 atom stereocenters. The number of nitrogens with zero attached hydrogens (tertiary/aromatic N) is 7. The number of rotatable bonds is 4. The van der Waals surface area contributed by atoms with Crippen LogP contribution in [0.15, 0.2) is 43.0 Å². The molecule has 3 aromatic heterocycles. The minimum atomic E-state index is -0.320. The SMILES string of the molecule is Cc1cc(C)n2c(C(=O)NCc3ccccc3-n3cncn3)nnc2n1. The van der Waals surface area contributed by atoms with Gasteiger partial charge in [0.25, 0.3) is 11.7 Å². The van der Waals surface area contributed by atoms with Gasteiger partial charge in [0.2, 0.25) is 5.82 Å². The van der Waals surface area contributed by atoms with E-state index in [1.54, 1.807) is 15.4 Å². The lowest BCUT2D eigenvalue weighted by Gasteiger charge is -2.10. The summed E-state index contributed by atoms with van der Waals surface area (Å²) in [5.74, 6) is 0.304. The molecule has 0 aliphatic heterocycles. The Morgan fingerprint density at radius 3 is 2.85 bits per heavy atom. The molecule has 0 radical (unpaired) electrons. The van der Waals surface area contributed by atoms with Crippen molar-refractivity contribution in [3.63, 3.8) is 0 Å². The molecule has 0 saturated carbocycles. The number of nitrogens with one attached hydrogen (secondary N) is 1. The van der Waals surface area contributed by atoms with Gasteiger partial charge in [-0.2, -0.15) is 5.10 Å². The second-order valence-electron chi connectivity index (χ2n) is 5.85. The van der Waals surface area contributed by atoms with E-state index < -0.39 is 0 Å². The fourth-order valence-corrected chi connectivity index (χ4v) is 2.85. The number of fused-ring (bicyclic) bond motifs is 1. The van der Waals surface area contributed by atoms with Crippen LogP contribution < -0.4 is 5.32 Å². The fourth-order valence-electron chi connectivity index (χ4n) is 2.85. The molecule has 130 valence electrons. The lowest BCUT2D eigenvalue weighted by Crippen LogP contribution is -2.26. The van der Waals surface area contributed by atoms with E-state index >= 15 is 0 Å². The Kier molecular flexibility index (Phi) is 3.88. The van der Waals surface area contributed by atoms with Crippen LogP contribution in [0, 0.1) is 13.8 Å². The molecule has 4 aromatic rings. The molecule has 1 amide bonds. The Hall–Kier alpha value is -3.62. The molecular formula is C17H16N8O. The van der Waals surface area contributed by atoms with Crippen molar-refractivity contribution in [1.29, 1.82) is 0 Å². The maximum atomic E-state index is 12.6. The van der Waals surface area contributed by atoms with E-state index in [4.69, 9.17) is 0 Å². The van der Waals surface area contributed by atoms with Crippen molar-refractivity contribution >= 4 is 11.7 Å². The Morgan fingerprint density at radius 1 is 1.19 bits per heavy atom. The van der Waals surface area contributed by atoms with Gasteiger partial charge in [-0.1, -0.05) is 18.2 Å². The van der Waals surface area contributed by atoms with Crippen LogP contribution in [0.1, 0.15) is 27.6 Å². The van der Waals surface area contributed by atoms with Gasteiger partial charge in [0.05, 0.1) is 5.69 Å². The van der Waals surface area contributed by atoms with E-state index in [-0.39, 0.29) is 11.7 Å². The number of carbonyl (C=O) groups excluding carboxylic acids is 1. The van der Waals surface area contributed by atoms with Gasteiger partial charge in [-0.25, -0.2) is 14.6 Å². The topological polar surface area (TPSA) is 103 Å². The second-order valence-corrected chi connectivity index (χ2v) is 5.85. The maximum Gasteiger partial charge on any atom is 0.289 e. The summed E-state index contributed by atoms with van der Waals surface area (Å²) in [6.45, 7) is 4.09. The van der Waals surface area contributed by atoms with E-state index in [1.165, 1.54) is 6.33 Å². The third kappa shape index (κ3) is 2.79. The van der Waals surface area contributed by atoms with E-state index in [0.717, 1.165) is 22.6 Å². The molecule has 26 heavy (non-hydrogen) atoms. The Labute approximate surface area is 148 Å². The summed E-state index contributed by atoms with van der Waals surface area (Å²) in [4.78, 5) is 20.9. The smallest absolute Gasteiger partial charge is 0.289 e. The summed E-state index contributed by atoms with van der Waals surface area (Å²) >= 11 is 0. The van der Waals surface area contributed by atoms with Gasteiger partial charge >= 0.3 is 0 Å². The summed E-state index contributed by atoms with van der Waals surface area (Å²) in [5.41, 5.74) is 3.44. The second kappa shape index (κ2) is 6.36. The number of aromatic nitrogens is 7. The molecule has 0 aliphatic rings. The van der Waals surface area contributed by atoms with Gasteiger partial charge in [-0.3, -0.25) is 9.20 Å². The standard InChI is InChI=1S/C17H16N8O/c1-11-7-12(2)25-15(22-23-17(25)21-11)16(26)19-8-13-5-3-4-6-14(13)24-10-18-9-20-24/h3-7,9-10H,8H2,1-2H3,(H,19,26). The highest BCUT2D eigenvalue weighted by molar-refractivity contribution is 5.91. The fraction of sp³-hybridized carbons (Fsp3) is 0.176. The normalized spacial score (nSPS) is 11.0. The average molecular weight is 348 g/mol. The highest BCUT2D eigenvalue weighted by Gasteiger charge is 2.17. The molecule has 0 fully saturated rings. The number of aryl methyl sites for hydroxylation is 2. The molecule has 0 bridgehead atoms. The molecular weight excluding hydrogens is 332 g/mol. The number of carbonyl (C=O) groups is 1. The van der Waals surface area contributed by atoms with Crippen molar-refractivity contribution in [2.75, 3.05) is 0 Å². The van der Waals surface area contributed by atoms with Gasteiger partial charge in [0.1, 0.15) is 12.7 Å². The van der Waals surface area contributed by atoms with Crippen molar-refractivity contribution in [3.8, 4) is 5.69 Å². The van der Waals surface area contributed by atoms with Crippen LogP contribution in [0.5, 0.6) is 0 Å². The zero-order valence-electron chi connectivity index (χ0n) is 14.3. The Balaban J connectivity index is 1.59. The van der Waals surface area contributed by atoms with E-state index in [2.05, 4.69) is 30.6 Å². The van der Waals surface area contributed by atoms with Crippen LogP contribution in [0.2, 0.25) is 0 Å². The first-order chi connectivity index (χ1) is 12.6. The van der Waals surface area contributed by atoms with Gasteiger partial charge in [-0.15, -0.1) is 10.2 Å². The maximum absolute atomic E-state index is 12.6. The number of para-hydroxylation sites is 1. The van der Waals surface area contributed by atoms with Crippen LogP contribution in [-0.2, 0) is 6.54 Å². The van der Waals surface area contributed by atoms with Gasteiger partial charge in [0, 0.05) is 17.9 Å². The molecule has 4 rings (SSSR count). The molecule has 3 heterocycles. The lowest BCUT2D eigenvalue weighted by atomic mass is 10.2. The number of amides is 1. The predicted molar refractivity (Wildman–Crippen MR) is 92.8 cm³/mol. The molecule has 0 unspecified atom stereocenters. The zero-order chi connectivity index (χ0) is 18.1. The van der Waals surface area contributed by atoms with Gasteiger partial charge < -0.3 is 5.32 Å². The predicted octanol–water partition coefficient (Wildman–Crippen LogP) is 1.25. The van der Waals surface area contributed by atoms with Gasteiger partial charge in [0.15, 0.2) is 0 Å².